The number of imide groups is 1. The first-order valence-corrected chi connectivity index (χ1v) is 13.6. The molecular formula is C28H38BrN5O2. The van der Waals surface area contributed by atoms with E-state index in [0.29, 0.717) is 31.7 Å². The molecule has 2 rings (SSSR count). The molecule has 0 spiro atoms. The van der Waals surface area contributed by atoms with Crippen molar-refractivity contribution in [3.63, 3.8) is 0 Å². The zero-order valence-electron chi connectivity index (χ0n) is 21.7. The van der Waals surface area contributed by atoms with Crippen molar-refractivity contribution >= 4 is 33.4 Å². The normalized spacial score (nSPS) is 11.7. The first-order valence-electron chi connectivity index (χ1n) is 12.8. The SMILES string of the molecule is CCCCCCC(C(=O)N(CCCC)C(C)=O)N(Cc1ccccc1)Cc1cc(Br)ccc1N=[N+]=[N-]. The van der Waals surface area contributed by atoms with Crippen LogP contribution in [0.4, 0.5) is 5.69 Å². The van der Waals surface area contributed by atoms with Crippen LogP contribution in [-0.4, -0.2) is 34.2 Å². The monoisotopic (exact) mass is 555 g/mol. The fourth-order valence-corrected chi connectivity index (χ4v) is 4.69. The summed E-state index contributed by atoms with van der Waals surface area (Å²) in [4.78, 5) is 33.0. The number of halogens is 1. The molecule has 2 aromatic rings. The van der Waals surface area contributed by atoms with Gasteiger partial charge in [-0.2, -0.15) is 0 Å². The molecule has 2 amide bonds. The molecule has 1 unspecified atom stereocenters. The van der Waals surface area contributed by atoms with Crippen molar-refractivity contribution in [2.45, 2.75) is 84.8 Å². The number of hydrogen-bond donors (Lipinski definition) is 0. The third kappa shape index (κ3) is 9.41. The summed E-state index contributed by atoms with van der Waals surface area (Å²) in [5.41, 5.74) is 11.5. The van der Waals surface area contributed by atoms with E-state index in [0.717, 1.165) is 54.1 Å². The van der Waals surface area contributed by atoms with Gasteiger partial charge in [0.15, 0.2) is 0 Å². The van der Waals surface area contributed by atoms with Crippen molar-refractivity contribution < 1.29 is 9.59 Å². The highest BCUT2D eigenvalue weighted by atomic mass is 79.9. The van der Waals surface area contributed by atoms with Crippen LogP contribution >= 0.6 is 15.9 Å². The predicted octanol–water partition coefficient (Wildman–Crippen LogP) is 7.91. The Morgan fingerprint density at radius 3 is 2.36 bits per heavy atom. The van der Waals surface area contributed by atoms with Gasteiger partial charge in [-0.25, -0.2) is 0 Å². The van der Waals surface area contributed by atoms with Gasteiger partial charge in [-0.1, -0.05) is 103 Å². The molecular weight excluding hydrogens is 518 g/mol. The van der Waals surface area contributed by atoms with E-state index in [1.54, 1.807) is 6.07 Å². The van der Waals surface area contributed by atoms with Gasteiger partial charge in [0.2, 0.25) is 11.8 Å². The van der Waals surface area contributed by atoms with Crippen LogP contribution in [0.2, 0.25) is 0 Å². The third-order valence-corrected chi connectivity index (χ3v) is 6.73. The van der Waals surface area contributed by atoms with E-state index in [2.05, 4.69) is 44.7 Å². The second-order valence-electron chi connectivity index (χ2n) is 9.08. The van der Waals surface area contributed by atoms with E-state index in [1.807, 2.05) is 42.5 Å². The molecule has 0 heterocycles. The zero-order chi connectivity index (χ0) is 26.3. The maximum Gasteiger partial charge on any atom is 0.246 e. The van der Waals surface area contributed by atoms with Gasteiger partial charge in [-0.15, -0.1) is 0 Å². The number of rotatable bonds is 15. The maximum absolute atomic E-state index is 13.9. The lowest BCUT2D eigenvalue weighted by molar-refractivity contribution is -0.148. The standard InChI is InChI=1S/C28H38BrN5O2/c1-4-6-8-12-15-27(28(36)34(22(3)35)18-7-5-2)33(20-23-13-10-9-11-14-23)21-24-19-25(29)16-17-26(24)31-32-30/h9-11,13-14,16-17,19,27H,4-8,12,15,18,20-21H2,1-3H3. The van der Waals surface area contributed by atoms with Gasteiger partial charge in [0.05, 0.1) is 6.04 Å². The van der Waals surface area contributed by atoms with E-state index in [9.17, 15) is 9.59 Å². The number of benzene rings is 2. The zero-order valence-corrected chi connectivity index (χ0v) is 23.3. The highest BCUT2D eigenvalue weighted by molar-refractivity contribution is 9.10. The average molecular weight is 557 g/mol. The van der Waals surface area contributed by atoms with Crippen LogP contribution < -0.4 is 0 Å². The number of azide groups is 1. The Hall–Kier alpha value is -2.67. The number of hydrogen-bond acceptors (Lipinski definition) is 4. The summed E-state index contributed by atoms with van der Waals surface area (Å²) in [7, 11) is 0. The predicted molar refractivity (Wildman–Crippen MR) is 148 cm³/mol. The van der Waals surface area contributed by atoms with Crippen LogP contribution in [0.5, 0.6) is 0 Å². The molecule has 0 N–H and O–H groups in total. The molecule has 0 saturated carbocycles. The summed E-state index contributed by atoms with van der Waals surface area (Å²) in [6.45, 7) is 7.06. The molecule has 0 fully saturated rings. The Kier molecular flexibility index (Phi) is 13.3. The van der Waals surface area contributed by atoms with Gasteiger partial charge < -0.3 is 0 Å². The Bertz CT molecular complexity index is 1020. The highest BCUT2D eigenvalue weighted by Gasteiger charge is 2.32. The van der Waals surface area contributed by atoms with Crippen molar-refractivity contribution in [2.24, 2.45) is 5.11 Å². The summed E-state index contributed by atoms with van der Waals surface area (Å²) in [6.07, 6.45) is 6.49. The van der Waals surface area contributed by atoms with Crippen molar-refractivity contribution in [3.05, 3.63) is 74.6 Å². The van der Waals surface area contributed by atoms with E-state index in [4.69, 9.17) is 5.53 Å². The second kappa shape index (κ2) is 16.1. The molecule has 0 aliphatic rings. The highest BCUT2D eigenvalue weighted by Crippen LogP contribution is 2.28. The molecule has 0 aliphatic carbocycles. The minimum Gasteiger partial charge on any atom is -0.283 e. The van der Waals surface area contributed by atoms with Gasteiger partial charge in [-0.3, -0.25) is 19.4 Å². The number of carbonyl (C=O) groups excluding carboxylic acids is 2. The summed E-state index contributed by atoms with van der Waals surface area (Å²) >= 11 is 3.53. The minimum atomic E-state index is -0.472. The van der Waals surface area contributed by atoms with Gasteiger partial charge >= 0.3 is 0 Å². The molecule has 1 atom stereocenters. The van der Waals surface area contributed by atoms with E-state index in [-0.39, 0.29) is 11.8 Å². The molecule has 8 heteroatoms. The van der Waals surface area contributed by atoms with Gasteiger partial charge in [-0.05, 0) is 41.6 Å². The minimum absolute atomic E-state index is 0.149. The molecule has 7 nitrogen and oxygen atoms in total. The Morgan fingerprint density at radius 1 is 1.00 bits per heavy atom. The van der Waals surface area contributed by atoms with Crippen molar-refractivity contribution in [3.8, 4) is 0 Å². The van der Waals surface area contributed by atoms with Crippen LogP contribution in [0.1, 0.15) is 76.8 Å². The fraction of sp³-hybridized carbons (Fsp3) is 0.500. The molecule has 0 aromatic heterocycles. The molecule has 0 bridgehead atoms. The lowest BCUT2D eigenvalue weighted by Crippen LogP contribution is -2.50. The molecule has 0 radical (unpaired) electrons. The van der Waals surface area contributed by atoms with Crippen molar-refractivity contribution in [2.75, 3.05) is 6.54 Å². The Balaban J connectivity index is 2.50. The number of unbranched alkanes of at least 4 members (excludes halogenated alkanes) is 4. The van der Waals surface area contributed by atoms with Crippen molar-refractivity contribution in [1.29, 1.82) is 0 Å². The Labute approximate surface area is 223 Å². The second-order valence-corrected chi connectivity index (χ2v) is 10.00. The lowest BCUT2D eigenvalue weighted by Gasteiger charge is -2.34. The van der Waals surface area contributed by atoms with Crippen LogP contribution in [0.15, 0.2) is 58.1 Å². The smallest absolute Gasteiger partial charge is 0.246 e. The number of amides is 2. The van der Waals surface area contributed by atoms with E-state index in [1.165, 1.54) is 11.8 Å². The van der Waals surface area contributed by atoms with E-state index < -0.39 is 6.04 Å². The van der Waals surface area contributed by atoms with Crippen LogP contribution in [-0.2, 0) is 22.7 Å². The van der Waals surface area contributed by atoms with Gasteiger partial charge in [0.25, 0.3) is 0 Å². The molecule has 194 valence electrons. The first kappa shape index (κ1) is 29.6. The number of carbonyl (C=O) groups is 2. The van der Waals surface area contributed by atoms with Crippen molar-refractivity contribution in [1.82, 2.24) is 9.80 Å². The van der Waals surface area contributed by atoms with Crippen LogP contribution in [0.25, 0.3) is 10.4 Å². The largest absolute Gasteiger partial charge is 0.283 e. The summed E-state index contributed by atoms with van der Waals surface area (Å²) < 4.78 is 0.869. The first-order chi connectivity index (χ1) is 17.4. The van der Waals surface area contributed by atoms with E-state index >= 15 is 0 Å². The van der Waals surface area contributed by atoms with Gasteiger partial charge in [0.1, 0.15) is 0 Å². The topological polar surface area (TPSA) is 89.4 Å². The maximum atomic E-state index is 13.9. The fourth-order valence-electron chi connectivity index (χ4n) is 4.29. The van der Waals surface area contributed by atoms with Gasteiger partial charge in [0, 0.05) is 41.6 Å². The van der Waals surface area contributed by atoms with Crippen LogP contribution in [0.3, 0.4) is 0 Å². The summed E-state index contributed by atoms with van der Waals surface area (Å²) in [6, 6.07) is 15.1. The Morgan fingerprint density at radius 2 is 1.72 bits per heavy atom. The summed E-state index contributed by atoms with van der Waals surface area (Å²) in [5, 5.41) is 3.89. The molecule has 36 heavy (non-hydrogen) atoms. The molecule has 0 saturated heterocycles. The third-order valence-electron chi connectivity index (χ3n) is 6.23. The van der Waals surface area contributed by atoms with Crippen LogP contribution in [0, 0.1) is 0 Å². The molecule has 0 aliphatic heterocycles. The average Bonchev–Trinajstić information content (AvgIpc) is 2.86. The quantitative estimate of drug-likeness (QED) is 0.0966. The number of nitrogens with zero attached hydrogens (tertiary/aromatic N) is 5. The summed E-state index contributed by atoms with van der Waals surface area (Å²) in [5.74, 6) is -0.368. The molecule has 2 aromatic carbocycles. The lowest BCUT2D eigenvalue weighted by atomic mass is 10.0.